The fourth-order valence-electron chi connectivity index (χ4n) is 4.11. The SMILES string of the molecule is N#CC1CCCCC1n1ccc(Nc2ccc(S(=O)(=O)NCc3ccc(C(F)(F)F)cc3)cc2)n1. The molecule has 1 aliphatic carbocycles. The first kappa shape index (κ1) is 24.8. The Bertz CT molecular complexity index is 1300. The lowest BCUT2D eigenvalue weighted by molar-refractivity contribution is -0.137. The van der Waals surface area contributed by atoms with E-state index in [-0.39, 0.29) is 23.4 Å². The summed E-state index contributed by atoms with van der Waals surface area (Å²) >= 11 is 0. The minimum absolute atomic E-state index is 0.0274. The van der Waals surface area contributed by atoms with Crippen molar-refractivity contribution in [3.05, 3.63) is 71.9 Å². The van der Waals surface area contributed by atoms with Gasteiger partial charge in [0, 0.05) is 24.5 Å². The summed E-state index contributed by atoms with van der Waals surface area (Å²) in [5, 5.41) is 17.1. The van der Waals surface area contributed by atoms with E-state index in [9.17, 15) is 26.9 Å². The van der Waals surface area contributed by atoms with Crippen LogP contribution < -0.4 is 10.0 Å². The van der Waals surface area contributed by atoms with Crippen molar-refractivity contribution in [1.82, 2.24) is 14.5 Å². The number of nitrogens with one attached hydrogen (secondary N) is 2. The number of benzene rings is 2. The predicted molar refractivity (Wildman–Crippen MR) is 124 cm³/mol. The highest BCUT2D eigenvalue weighted by Crippen LogP contribution is 2.33. The number of halogens is 3. The smallest absolute Gasteiger partial charge is 0.339 e. The van der Waals surface area contributed by atoms with Gasteiger partial charge in [-0.05, 0) is 54.8 Å². The molecule has 11 heteroatoms. The van der Waals surface area contributed by atoms with E-state index in [2.05, 4.69) is 21.2 Å². The van der Waals surface area contributed by atoms with Crippen LogP contribution in [0.1, 0.15) is 42.9 Å². The molecular weight excluding hydrogens is 479 g/mol. The zero-order valence-corrected chi connectivity index (χ0v) is 19.5. The predicted octanol–water partition coefficient (Wildman–Crippen LogP) is 5.38. The van der Waals surface area contributed by atoms with Gasteiger partial charge in [-0.15, -0.1) is 0 Å². The van der Waals surface area contributed by atoms with Gasteiger partial charge in [-0.1, -0.05) is 25.0 Å². The molecule has 1 saturated carbocycles. The van der Waals surface area contributed by atoms with E-state index < -0.39 is 21.8 Å². The second-order valence-corrected chi connectivity index (χ2v) is 10.2. The Hall–Kier alpha value is -3.36. The molecule has 0 saturated heterocycles. The molecule has 3 aromatic rings. The third-order valence-corrected chi connectivity index (χ3v) is 7.45. The van der Waals surface area contributed by atoms with Crippen molar-refractivity contribution in [2.24, 2.45) is 5.92 Å². The van der Waals surface area contributed by atoms with Crippen molar-refractivity contribution >= 4 is 21.5 Å². The van der Waals surface area contributed by atoms with Gasteiger partial charge in [0.15, 0.2) is 5.82 Å². The standard InChI is InChI=1S/C24H24F3N5O2S/c25-24(26,27)19-7-5-17(6-8-19)16-29-35(33,34)21-11-9-20(10-12-21)30-23-13-14-32(31-23)22-4-2-1-3-18(22)15-28/h5-14,18,22,29H,1-4,16H2,(H,30,31). The Labute approximate surface area is 201 Å². The van der Waals surface area contributed by atoms with E-state index in [4.69, 9.17) is 0 Å². The van der Waals surface area contributed by atoms with Gasteiger partial charge < -0.3 is 5.32 Å². The number of alkyl halides is 3. The Kier molecular flexibility index (Phi) is 7.14. The lowest BCUT2D eigenvalue weighted by Crippen LogP contribution is -2.23. The van der Waals surface area contributed by atoms with Gasteiger partial charge in [-0.2, -0.15) is 23.5 Å². The number of sulfonamides is 1. The Balaban J connectivity index is 1.37. The summed E-state index contributed by atoms with van der Waals surface area (Å²) in [6.45, 7) is -0.136. The lowest BCUT2D eigenvalue weighted by atomic mass is 9.86. The molecule has 7 nitrogen and oxygen atoms in total. The fourth-order valence-corrected chi connectivity index (χ4v) is 5.12. The summed E-state index contributed by atoms with van der Waals surface area (Å²) < 4.78 is 67.4. The Morgan fingerprint density at radius 1 is 1.03 bits per heavy atom. The van der Waals surface area contributed by atoms with Gasteiger partial charge in [-0.25, -0.2) is 13.1 Å². The van der Waals surface area contributed by atoms with Crippen LogP contribution in [-0.2, 0) is 22.7 Å². The molecule has 0 aliphatic heterocycles. The molecule has 0 spiro atoms. The van der Waals surface area contributed by atoms with Crippen LogP contribution in [0.4, 0.5) is 24.7 Å². The number of anilines is 2. The van der Waals surface area contributed by atoms with Crippen LogP contribution in [0.5, 0.6) is 0 Å². The molecule has 2 unspecified atom stereocenters. The van der Waals surface area contributed by atoms with Crippen molar-refractivity contribution in [2.45, 2.75) is 49.3 Å². The maximum absolute atomic E-state index is 12.7. The Morgan fingerprint density at radius 2 is 1.71 bits per heavy atom. The van der Waals surface area contributed by atoms with E-state index in [0.29, 0.717) is 17.1 Å². The van der Waals surface area contributed by atoms with Gasteiger partial charge >= 0.3 is 6.18 Å². The van der Waals surface area contributed by atoms with Crippen molar-refractivity contribution in [2.75, 3.05) is 5.32 Å². The minimum Gasteiger partial charge on any atom is -0.339 e. The number of rotatable bonds is 7. The number of nitrogens with zero attached hydrogens (tertiary/aromatic N) is 3. The molecule has 0 bridgehead atoms. The summed E-state index contributed by atoms with van der Waals surface area (Å²) in [5.41, 5.74) is 0.255. The van der Waals surface area contributed by atoms with Crippen molar-refractivity contribution in [3.8, 4) is 6.07 Å². The number of nitriles is 1. The minimum atomic E-state index is -4.44. The molecule has 2 aromatic carbocycles. The maximum atomic E-state index is 12.7. The van der Waals surface area contributed by atoms with Crippen LogP contribution in [0.25, 0.3) is 0 Å². The number of hydrogen-bond acceptors (Lipinski definition) is 5. The van der Waals surface area contributed by atoms with Crippen LogP contribution >= 0.6 is 0 Å². The third kappa shape index (κ3) is 6.01. The molecule has 0 amide bonds. The summed E-state index contributed by atoms with van der Waals surface area (Å²) in [7, 11) is -3.86. The molecule has 1 fully saturated rings. The highest BCUT2D eigenvalue weighted by Gasteiger charge is 2.30. The summed E-state index contributed by atoms with van der Waals surface area (Å²) in [5.74, 6) is 0.527. The third-order valence-electron chi connectivity index (χ3n) is 6.03. The molecule has 184 valence electrons. The van der Waals surface area contributed by atoms with Crippen LogP contribution in [0, 0.1) is 17.2 Å². The average Bonchev–Trinajstić information content (AvgIpc) is 3.31. The largest absolute Gasteiger partial charge is 0.416 e. The van der Waals surface area contributed by atoms with E-state index in [1.807, 2.05) is 10.9 Å². The van der Waals surface area contributed by atoms with Gasteiger partial charge in [0.05, 0.1) is 28.5 Å². The fraction of sp³-hybridized carbons (Fsp3) is 0.333. The summed E-state index contributed by atoms with van der Waals surface area (Å²) in [4.78, 5) is 0.0274. The van der Waals surface area contributed by atoms with Crippen LogP contribution in [0.3, 0.4) is 0 Å². The molecule has 2 N–H and O–H groups in total. The van der Waals surface area contributed by atoms with E-state index in [1.54, 1.807) is 18.2 Å². The van der Waals surface area contributed by atoms with Crippen molar-refractivity contribution < 1.29 is 21.6 Å². The van der Waals surface area contributed by atoms with Gasteiger partial charge in [0.2, 0.25) is 10.0 Å². The van der Waals surface area contributed by atoms with Gasteiger partial charge in [0.25, 0.3) is 0 Å². The number of aromatic nitrogens is 2. The van der Waals surface area contributed by atoms with Crippen molar-refractivity contribution in [1.29, 1.82) is 5.26 Å². The lowest BCUT2D eigenvalue weighted by Gasteiger charge is -2.26. The Morgan fingerprint density at radius 3 is 2.37 bits per heavy atom. The first-order valence-electron chi connectivity index (χ1n) is 11.1. The summed E-state index contributed by atoms with van der Waals surface area (Å²) in [6, 6.07) is 14.6. The second-order valence-electron chi connectivity index (χ2n) is 8.44. The molecule has 0 radical (unpaired) electrons. The quantitative estimate of drug-likeness (QED) is 0.451. The highest BCUT2D eigenvalue weighted by molar-refractivity contribution is 7.89. The zero-order valence-electron chi connectivity index (χ0n) is 18.7. The molecule has 4 rings (SSSR count). The van der Waals surface area contributed by atoms with Crippen LogP contribution in [0.2, 0.25) is 0 Å². The molecule has 35 heavy (non-hydrogen) atoms. The van der Waals surface area contributed by atoms with E-state index >= 15 is 0 Å². The number of hydrogen-bond donors (Lipinski definition) is 2. The molecular formula is C24H24F3N5O2S. The molecule has 2 atom stereocenters. The zero-order chi connectivity index (χ0) is 25.1. The van der Waals surface area contributed by atoms with E-state index in [1.165, 1.54) is 24.3 Å². The molecule has 1 heterocycles. The first-order valence-corrected chi connectivity index (χ1v) is 12.6. The van der Waals surface area contributed by atoms with Crippen LogP contribution in [0.15, 0.2) is 65.7 Å². The monoisotopic (exact) mass is 503 g/mol. The second kappa shape index (κ2) is 10.1. The average molecular weight is 504 g/mol. The van der Waals surface area contributed by atoms with E-state index in [0.717, 1.165) is 37.8 Å². The van der Waals surface area contributed by atoms with Gasteiger partial charge in [-0.3, -0.25) is 4.68 Å². The normalized spacial score (nSPS) is 18.7. The maximum Gasteiger partial charge on any atom is 0.416 e. The molecule has 1 aliphatic rings. The topological polar surface area (TPSA) is 99.8 Å². The summed E-state index contributed by atoms with van der Waals surface area (Å²) in [6.07, 6.45) is 1.29. The molecule has 1 aromatic heterocycles. The highest BCUT2D eigenvalue weighted by atomic mass is 32.2. The van der Waals surface area contributed by atoms with Crippen molar-refractivity contribution in [3.63, 3.8) is 0 Å². The van der Waals surface area contributed by atoms with Crippen LogP contribution in [-0.4, -0.2) is 18.2 Å². The first-order chi connectivity index (χ1) is 16.7. The van der Waals surface area contributed by atoms with Gasteiger partial charge in [0.1, 0.15) is 0 Å².